The van der Waals surface area contributed by atoms with E-state index in [2.05, 4.69) is 26.3 Å². The summed E-state index contributed by atoms with van der Waals surface area (Å²) in [5, 5.41) is 21.4. The third kappa shape index (κ3) is 6.34. The number of aromatic nitrogens is 1. The molecule has 1 saturated heterocycles. The molecule has 1 fully saturated rings. The van der Waals surface area contributed by atoms with Crippen molar-refractivity contribution in [1.29, 1.82) is 0 Å². The molecular formula is C24H33N5O5. The summed E-state index contributed by atoms with van der Waals surface area (Å²) in [6, 6.07) is 5.25. The molecule has 2 heterocycles. The number of carboxylic acids is 1. The Morgan fingerprint density at radius 3 is 2.62 bits per heavy atom. The summed E-state index contributed by atoms with van der Waals surface area (Å²) in [7, 11) is 0. The standard InChI is InChI=1S/C24H33N5O5/c1-3-14(2)21(29-22(31)18-9-6-10-25-18)23(32)27-13-20(30)28-19(24(33)34)11-15-12-26-17-8-5-4-7-16(15)17/h4-5,7-8,12,14,18-19,21,25-26H,3,6,9-11,13H2,1-2H3,(H,27,32)(H,28,30)(H,29,31)(H,33,34). The van der Waals surface area contributed by atoms with Crippen LogP contribution in [-0.4, -0.2) is 65.0 Å². The Kier molecular flexibility index (Phi) is 8.64. The lowest BCUT2D eigenvalue weighted by Gasteiger charge is -2.25. The molecular weight excluding hydrogens is 438 g/mol. The van der Waals surface area contributed by atoms with E-state index >= 15 is 0 Å². The summed E-state index contributed by atoms with van der Waals surface area (Å²) >= 11 is 0. The van der Waals surface area contributed by atoms with Crippen LogP contribution in [-0.2, 0) is 25.6 Å². The Hall–Kier alpha value is -3.40. The Morgan fingerprint density at radius 2 is 1.94 bits per heavy atom. The van der Waals surface area contributed by atoms with Crippen molar-refractivity contribution < 1.29 is 24.3 Å². The van der Waals surface area contributed by atoms with Crippen molar-refractivity contribution in [2.45, 2.75) is 57.7 Å². The molecule has 4 unspecified atom stereocenters. The third-order valence-electron chi connectivity index (χ3n) is 6.33. The molecule has 0 bridgehead atoms. The molecule has 0 spiro atoms. The fourth-order valence-electron chi connectivity index (χ4n) is 4.11. The van der Waals surface area contributed by atoms with Gasteiger partial charge in [0.05, 0.1) is 12.6 Å². The fraction of sp³-hybridized carbons (Fsp3) is 0.500. The Bertz CT molecular complexity index is 1030. The van der Waals surface area contributed by atoms with Crippen LogP contribution in [0.2, 0.25) is 0 Å². The number of benzene rings is 1. The van der Waals surface area contributed by atoms with Gasteiger partial charge in [-0.05, 0) is 36.9 Å². The van der Waals surface area contributed by atoms with Crippen LogP contribution in [0.1, 0.15) is 38.7 Å². The van der Waals surface area contributed by atoms with Gasteiger partial charge in [0.2, 0.25) is 17.7 Å². The number of nitrogens with one attached hydrogen (secondary N) is 5. The highest BCUT2D eigenvalue weighted by molar-refractivity contribution is 5.93. The Labute approximate surface area is 198 Å². The molecule has 1 aromatic carbocycles. The molecule has 0 aliphatic carbocycles. The lowest BCUT2D eigenvalue weighted by Crippen LogP contribution is -2.55. The van der Waals surface area contributed by atoms with Gasteiger partial charge in [0.15, 0.2) is 0 Å². The SMILES string of the molecule is CCC(C)C(NC(=O)C1CCCN1)C(=O)NCC(=O)NC(Cc1c[nH]c2ccccc12)C(=O)O. The van der Waals surface area contributed by atoms with Crippen molar-refractivity contribution in [2.75, 3.05) is 13.1 Å². The molecule has 1 aliphatic heterocycles. The quantitative estimate of drug-likeness (QED) is 0.283. The minimum Gasteiger partial charge on any atom is -0.480 e. The number of aliphatic carboxylic acids is 1. The monoisotopic (exact) mass is 471 g/mol. The van der Waals surface area contributed by atoms with Crippen LogP contribution in [0.4, 0.5) is 0 Å². The van der Waals surface area contributed by atoms with E-state index in [4.69, 9.17) is 0 Å². The number of H-pyrrole nitrogens is 1. The maximum Gasteiger partial charge on any atom is 0.326 e. The molecule has 4 atom stereocenters. The highest BCUT2D eigenvalue weighted by Gasteiger charge is 2.30. The van der Waals surface area contributed by atoms with Gasteiger partial charge in [0.1, 0.15) is 12.1 Å². The van der Waals surface area contributed by atoms with E-state index in [1.54, 1.807) is 6.20 Å². The van der Waals surface area contributed by atoms with Crippen LogP contribution in [0, 0.1) is 5.92 Å². The van der Waals surface area contributed by atoms with Gasteiger partial charge in [0, 0.05) is 23.5 Å². The van der Waals surface area contributed by atoms with Crippen molar-refractivity contribution in [3.8, 4) is 0 Å². The summed E-state index contributed by atoms with van der Waals surface area (Å²) in [4.78, 5) is 52.6. The van der Waals surface area contributed by atoms with E-state index in [0.717, 1.165) is 35.9 Å². The number of aromatic amines is 1. The number of carbonyl (C=O) groups is 4. The van der Waals surface area contributed by atoms with E-state index < -0.39 is 29.9 Å². The molecule has 10 heteroatoms. The number of amides is 3. The molecule has 0 radical (unpaired) electrons. The molecule has 1 aromatic heterocycles. The van der Waals surface area contributed by atoms with Crippen molar-refractivity contribution in [3.63, 3.8) is 0 Å². The van der Waals surface area contributed by atoms with E-state index in [0.29, 0.717) is 6.42 Å². The van der Waals surface area contributed by atoms with Crippen LogP contribution < -0.4 is 21.3 Å². The number of hydrogen-bond acceptors (Lipinski definition) is 5. The van der Waals surface area contributed by atoms with Crippen molar-refractivity contribution in [3.05, 3.63) is 36.0 Å². The predicted octanol–water partition coefficient (Wildman–Crippen LogP) is 0.679. The van der Waals surface area contributed by atoms with Crippen molar-refractivity contribution in [1.82, 2.24) is 26.3 Å². The van der Waals surface area contributed by atoms with Crippen LogP contribution in [0.3, 0.4) is 0 Å². The van der Waals surface area contributed by atoms with Gasteiger partial charge in [-0.15, -0.1) is 0 Å². The van der Waals surface area contributed by atoms with Crippen LogP contribution >= 0.6 is 0 Å². The Morgan fingerprint density at radius 1 is 1.18 bits per heavy atom. The van der Waals surface area contributed by atoms with Gasteiger partial charge in [0.25, 0.3) is 0 Å². The molecule has 184 valence electrons. The van der Waals surface area contributed by atoms with Crippen molar-refractivity contribution >= 4 is 34.6 Å². The van der Waals surface area contributed by atoms with Gasteiger partial charge in [-0.1, -0.05) is 38.5 Å². The van der Waals surface area contributed by atoms with Gasteiger partial charge in [-0.25, -0.2) is 4.79 Å². The first-order valence-electron chi connectivity index (χ1n) is 11.7. The van der Waals surface area contributed by atoms with E-state index in [9.17, 15) is 24.3 Å². The minimum absolute atomic E-state index is 0.0962. The summed E-state index contributed by atoms with van der Waals surface area (Å²) in [5.41, 5.74) is 1.65. The highest BCUT2D eigenvalue weighted by atomic mass is 16.4. The molecule has 3 amide bonds. The predicted molar refractivity (Wildman–Crippen MR) is 127 cm³/mol. The fourth-order valence-corrected chi connectivity index (χ4v) is 4.11. The number of hydrogen-bond donors (Lipinski definition) is 6. The van der Waals surface area contributed by atoms with E-state index in [1.165, 1.54) is 0 Å². The molecule has 0 saturated carbocycles. The minimum atomic E-state index is -1.17. The summed E-state index contributed by atoms with van der Waals surface area (Å²) in [6.45, 7) is 4.15. The zero-order valence-electron chi connectivity index (χ0n) is 19.5. The van der Waals surface area contributed by atoms with Gasteiger partial charge < -0.3 is 31.4 Å². The number of rotatable bonds is 11. The van der Waals surface area contributed by atoms with E-state index in [1.807, 2.05) is 38.1 Å². The second-order valence-corrected chi connectivity index (χ2v) is 8.76. The number of carbonyl (C=O) groups excluding carboxylic acids is 3. The van der Waals surface area contributed by atoms with Gasteiger partial charge in [-0.2, -0.15) is 0 Å². The molecule has 34 heavy (non-hydrogen) atoms. The number of fused-ring (bicyclic) bond motifs is 1. The zero-order valence-corrected chi connectivity index (χ0v) is 19.5. The molecule has 2 aromatic rings. The summed E-state index contributed by atoms with van der Waals surface area (Å²) in [6.07, 6.45) is 4.11. The lowest BCUT2D eigenvalue weighted by atomic mass is 9.97. The first kappa shape index (κ1) is 25.2. The van der Waals surface area contributed by atoms with Crippen LogP contribution in [0.5, 0.6) is 0 Å². The zero-order chi connectivity index (χ0) is 24.7. The molecule has 3 rings (SSSR count). The van der Waals surface area contributed by atoms with E-state index in [-0.39, 0.29) is 30.8 Å². The second kappa shape index (κ2) is 11.6. The van der Waals surface area contributed by atoms with Crippen LogP contribution in [0.15, 0.2) is 30.5 Å². The van der Waals surface area contributed by atoms with Crippen molar-refractivity contribution in [2.24, 2.45) is 5.92 Å². The average molecular weight is 472 g/mol. The topological polar surface area (TPSA) is 152 Å². The molecule has 6 N–H and O–H groups in total. The average Bonchev–Trinajstić information content (AvgIpc) is 3.50. The number of para-hydroxylation sites is 1. The highest BCUT2D eigenvalue weighted by Crippen LogP contribution is 2.19. The normalized spacial score (nSPS) is 18.1. The maximum atomic E-state index is 12.8. The summed E-state index contributed by atoms with van der Waals surface area (Å²) in [5.74, 6) is -2.63. The first-order valence-corrected chi connectivity index (χ1v) is 11.7. The number of carboxylic acid groups (broad SMARTS) is 1. The summed E-state index contributed by atoms with van der Waals surface area (Å²) < 4.78 is 0. The largest absolute Gasteiger partial charge is 0.480 e. The Balaban J connectivity index is 1.56. The van der Waals surface area contributed by atoms with Gasteiger partial charge >= 0.3 is 5.97 Å². The first-order chi connectivity index (χ1) is 16.3. The van der Waals surface area contributed by atoms with Gasteiger partial charge in [-0.3, -0.25) is 14.4 Å². The molecule has 10 nitrogen and oxygen atoms in total. The third-order valence-corrected chi connectivity index (χ3v) is 6.33. The van der Waals surface area contributed by atoms with Crippen LogP contribution in [0.25, 0.3) is 10.9 Å². The lowest BCUT2D eigenvalue weighted by molar-refractivity contribution is -0.141. The maximum absolute atomic E-state index is 12.8. The molecule has 1 aliphatic rings. The second-order valence-electron chi connectivity index (χ2n) is 8.76. The smallest absolute Gasteiger partial charge is 0.326 e.